The number of rotatable bonds is 6. The fraction of sp³-hybridized carbons (Fsp3) is 0.188. The molecule has 2 amide bonds. The van der Waals surface area contributed by atoms with Crippen LogP contribution in [0.25, 0.3) is 0 Å². The number of nitro benzene ring substituents is 1. The van der Waals surface area contributed by atoms with Crippen molar-refractivity contribution in [1.29, 1.82) is 0 Å². The molecule has 0 spiro atoms. The minimum atomic E-state index is -6.81. The molecular formula is C16H8F9N3O8S2. The van der Waals surface area contributed by atoms with Gasteiger partial charge < -0.3 is 14.8 Å². The molecule has 0 radical (unpaired) electrons. The third-order valence-electron chi connectivity index (χ3n) is 4.03. The van der Waals surface area contributed by atoms with Crippen LogP contribution in [0, 0.1) is 10.1 Å². The third kappa shape index (κ3) is 6.54. The number of benzene rings is 2. The lowest BCUT2D eigenvalue weighted by Crippen LogP contribution is -2.29. The van der Waals surface area contributed by atoms with Crippen molar-refractivity contribution >= 4 is 43.0 Å². The molecule has 2 aromatic carbocycles. The number of nitro groups is 1. The normalized spacial score (nSPS) is 13.1. The van der Waals surface area contributed by atoms with Crippen molar-refractivity contribution in [2.45, 2.75) is 22.1 Å². The molecule has 0 saturated carbocycles. The maximum Gasteiger partial charge on any atom is 0.534 e. The number of carbonyl (C=O) groups is 1. The zero-order chi connectivity index (χ0) is 29.5. The van der Waals surface area contributed by atoms with Crippen LogP contribution in [0.2, 0.25) is 0 Å². The molecular weight excluding hydrogens is 597 g/mol. The summed E-state index contributed by atoms with van der Waals surface area (Å²) in [5.74, 6) is -2.35. The molecule has 0 aliphatic carbocycles. The van der Waals surface area contributed by atoms with Crippen molar-refractivity contribution < 1.29 is 70.3 Å². The first-order valence-corrected chi connectivity index (χ1v) is 11.8. The smallest absolute Gasteiger partial charge is 0.368 e. The Hall–Kier alpha value is -3.82. The molecule has 2 aromatic rings. The van der Waals surface area contributed by atoms with Gasteiger partial charge >= 0.3 is 39.0 Å². The molecule has 0 bridgehead atoms. The average molecular weight is 605 g/mol. The number of nitrogens with one attached hydrogen (secondary N) is 2. The molecule has 2 rings (SSSR count). The van der Waals surface area contributed by atoms with E-state index in [0.29, 0.717) is 24.3 Å². The number of sulfone groups is 1. The molecule has 210 valence electrons. The number of carbonyl (C=O) groups excluding carboxylic acids is 1. The first kappa shape index (κ1) is 30.4. The summed E-state index contributed by atoms with van der Waals surface area (Å²) in [5, 5.41) is 14.6. The van der Waals surface area contributed by atoms with E-state index >= 15 is 0 Å². The molecule has 2 N–H and O–H groups in total. The maximum atomic E-state index is 13.4. The highest BCUT2D eigenvalue weighted by molar-refractivity contribution is 7.92. The van der Waals surface area contributed by atoms with E-state index in [2.05, 4.69) is 4.18 Å². The highest BCUT2D eigenvalue weighted by Crippen LogP contribution is 2.45. The largest absolute Gasteiger partial charge is 0.534 e. The Bertz CT molecular complexity index is 1470. The Labute approximate surface area is 204 Å². The number of alkyl halides is 9. The van der Waals surface area contributed by atoms with Gasteiger partial charge in [-0.2, -0.15) is 47.9 Å². The standard InChI is InChI=1S/C16H8F9N3O8S2/c17-14(18,19)10-5-8(6-11(28(30)31)12(10)36-38(34,35)16(23,24)25)27-13(29)26-7-1-3-9(4-2-7)37(32,33)15(20,21)22/h1-6H,(H2,26,27,29). The van der Waals surface area contributed by atoms with Crippen molar-refractivity contribution in [2.75, 3.05) is 10.6 Å². The second-order valence-electron chi connectivity index (χ2n) is 6.66. The molecule has 0 aromatic heterocycles. The van der Waals surface area contributed by atoms with Crippen LogP contribution in [0.1, 0.15) is 5.56 Å². The molecule has 22 heteroatoms. The second kappa shape index (κ2) is 9.81. The summed E-state index contributed by atoms with van der Waals surface area (Å²) in [7, 11) is -12.6. The first-order chi connectivity index (χ1) is 17.0. The van der Waals surface area contributed by atoms with E-state index in [1.807, 2.05) is 5.32 Å². The van der Waals surface area contributed by atoms with Crippen LogP contribution in [-0.2, 0) is 26.1 Å². The van der Waals surface area contributed by atoms with Crippen molar-refractivity contribution in [3.05, 3.63) is 52.1 Å². The van der Waals surface area contributed by atoms with Crippen LogP contribution in [-0.4, -0.2) is 38.8 Å². The average Bonchev–Trinajstić information content (AvgIpc) is 2.72. The van der Waals surface area contributed by atoms with Gasteiger partial charge in [-0.05, 0) is 30.3 Å². The Morgan fingerprint density at radius 2 is 1.32 bits per heavy atom. The van der Waals surface area contributed by atoms with Crippen molar-refractivity contribution in [2.24, 2.45) is 0 Å². The van der Waals surface area contributed by atoms with Crippen LogP contribution >= 0.6 is 0 Å². The van der Waals surface area contributed by atoms with Gasteiger partial charge in [0, 0.05) is 11.8 Å². The van der Waals surface area contributed by atoms with Gasteiger partial charge in [-0.25, -0.2) is 13.2 Å². The minimum absolute atomic E-state index is 0.0229. The highest BCUT2D eigenvalue weighted by Gasteiger charge is 2.51. The molecule has 0 saturated heterocycles. The fourth-order valence-electron chi connectivity index (χ4n) is 2.42. The van der Waals surface area contributed by atoms with Crippen molar-refractivity contribution in [3.8, 4) is 5.75 Å². The number of halogens is 9. The predicted molar refractivity (Wildman–Crippen MR) is 106 cm³/mol. The van der Waals surface area contributed by atoms with E-state index in [9.17, 15) is 71.3 Å². The summed E-state index contributed by atoms with van der Waals surface area (Å²) in [6.07, 6.45) is -5.75. The van der Waals surface area contributed by atoms with Crippen LogP contribution in [0.5, 0.6) is 5.75 Å². The molecule has 0 heterocycles. The first-order valence-electron chi connectivity index (χ1n) is 8.87. The molecule has 0 atom stereocenters. The van der Waals surface area contributed by atoms with Gasteiger partial charge in [0.1, 0.15) is 5.56 Å². The van der Waals surface area contributed by atoms with E-state index in [-0.39, 0.29) is 12.1 Å². The quantitative estimate of drug-likeness (QED) is 0.156. The lowest BCUT2D eigenvalue weighted by molar-refractivity contribution is -0.385. The van der Waals surface area contributed by atoms with Gasteiger partial charge in [-0.1, -0.05) is 0 Å². The van der Waals surface area contributed by atoms with E-state index in [0.717, 1.165) is 0 Å². The monoisotopic (exact) mass is 605 g/mol. The Morgan fingerprint density at radius 1 is 0.816 bits per heavy atom. The van der Waals surface area contributed by atoms with E-state index in [1.165, 1.54) is 0 Å². The van der Waals surface area contributed by atoms with Gasteiger partial charge in [-0.3, -0.25) is 10.1 Å². The van der Waals surface area contributed by atoms with Crippen LogP contribution < -0.4 is 14.8 Å². The molecule has 0 aliphatic heterocycles. The van der Waals surface area contributed by atoms with Gasteiger partial charge in [-0.15, -0.1) is 0 Å². The molecule has 38 heavy (non-hydrogen) atoms. The summed E-state index contributed by atoms with van der Waals surface area (Å²) in [5.41, 5.74) is -17.8. The summed E-state index contributed by atoms with van der Waals surface area (Å²) >= 11 is 0. The summed E-state index contributed by atoms with van der Waals surface area (Å²) < 4.78 is 164. The number of anilines is 2. The number of amides is 2. The predicted octanol–water partition coefficient (Wildman–Crippen LogP) is 4.78. The maximum absolute atomic E-state index is 13.4. The van der Waals surface area contributed by atoms with E-state index < -0.39 is 81.4 Å². The Kier molecular flexibility index (Phi) is 7.85. The topological polar surface area (TPSA) is 162 Å². The van der Waals surface area contributed by atoms with Crippen LogP contribution in [0.15, 0.2) is 41.3 Å². The molecule has 0 aliphatic rings. The van der Waals surface area contributed by atoms with E-state index in [1.54, 1.807) is 5.32 Å². The molecule has 0 fully saturated rings. The Balaban J connectivity index is 2.43. The zero-order valence-electron chi connectivity index (χ0n) is 17.4. The summed E-state index contributed by atoms with van der Waals surface area (Å²) in [6.45, 7) is 0. The summed E-state index contributed by atoms with van der Waals surface area (Å²) in [6, 6.07) is 0.412. The van der Waals surface area contributed by atoms with Crippen molar-refractivity contribution in [1.82, 2.24) is 0 Å². The van der Waals surface area contributed by atoms with Gasteiger partial charge in [0.15, 0.2) is 0 Å². The third-order valence-corrected chi connectivity index (χ3v) is 6.49. The van der Waals surface area contributed by atoms with Crippen molar-refractivity contribution in [3.63, 3.8) is 0 Å². The second-order valence-corrected chi connectivity index (χ2v) is 10.1. The number of hydrogen-bond donors (Lipinski definition) is 2. The zero-order valence-corrected chi connectivity index (χ0v) is 19.0. The SMILES string of the molecule is O=C(Nc1ccc(S(=O)(=O)C(F)(F)F)cc1)Nc1cc([N+](=O)[O-])c(OS(=O)(=O)C(F)(F)F)c(C(F)(F)F)c1. The van der Waals surface area contributed by atoms with Crippen LogP contribution in [0.3, 0.4) is 0 Å². The van der Waals surface area contributed by atoms with E-state index in [4.69, 9.17) is 0 Å². The lowest BCUT2D eigenvalue weighted by atomic mass is 10.1. The Morgan fingerprint density at radius 3 is 1.74 bits per heavy atom. The number of urea groups is 1. The number of nitrogens with zero attached hydrogens (tertiary/aromatic N) is 1. The highest BCUT2D eigenvalue weighted by atomic mass is 32.2. The van der Waals surface area contributed by atoms with Gasteiger partial charge in [0.05, 0.1) is 15.5 Å². The molecule has 11 nitrogen and oxygen atoms in total. The summed E-state index contributed by atoms with van der Waals surface area (Å²) in [4.78, 5) is 20.3. The van der Waals surface area contributed by atoms with Gasteiger partial charge in [0.25, 0.3) is 9.84 Å². The minimum Gasteiger partial charge on any atom is -0.368 e. The van der Waals surface area contributed by atoms with Gasteiger partial charge in [0.2, 0.25) is 5.75 Å². The number of hydrogen-bond acceptors (Lipinski definition) is 8. The molecule has 0 unspecified atom stereocenters. The fourth-order valence-corrected chi connectivity index (χ4v) is 3.67. The lowest BCUT2D eigenvalue weighted by Gasteiger charge is -2.16. The van der Waals surface area contributed by atoms with Crippen LogP contribution in [0.4, 0.5) is 61.4 Å².